The van der Waals surface area contributed by atoms with Gasteiger partial charge in [0, 0.05) is 5.56 Å². The van der Waals surface area contributed by atoms with Crippen LogP contribution in [0.15, 0.2) is 29.8 Å². The van der Waals surface area contributed by atoms with E-state index in [9.17, 15) is 9.59 Å². The summed E-state index contributed by atoms with van der Waals surface area (Å²) in [6, 6.07) is 5.15. The van der Waals surface area contributed by atoms with E-state index in [0.717, 1.165) is 11.1 Å². The summed E-state index contributed by atoms with van der Waals surface area (Å²) in [6.45, 7) is 5.87. The topological polar surface area (TPSA) is 64.6 Å². The molecule has 0 amide bonds. The van der Waals surface area contributed by atoms with E-state index >= 15 is 0 Å². The molecular weight excluding hydrogens is 258 g/mol. The van der Waals surface area contributed by atoms with Gasteiger partial charge in [-0.3, -0.25) is 4.79 Å². The highest BCUT2D eigenvalue weighted by atomic mass is 16.7. The average Bonchev–Trinajstić information content (AvgIpc) is 2.83. The lowest BCUT2D eigenvalue weighted by molar-refractivity contribution is -0.135. The van der Waals surface area contributed by atoms with Gasteiger partial charge in [-0.2, -0.15) is 0 Å². The van der Waals surface area contributed by atoms with Crippen LogP contribution in [0.4, 0.5) is 0 Å². The molecule has 1 heterocycles. The van der Waals surface area contributed by atoms with Gasteiger partial charge in [-0.15, -0.1) is 5.48 Å². The molecule has 0 saturated carbocycles. The second-order valence-electron chi connectivity index (χ2n) is 4.80. The molecule has 1 unspecified atom stereocenters. The lowest BCUT2D eigenvalue weighted by Gasteiger charge is -2.24. The van der Waals surface area contributed by atoms with Crippen molar-refractivity contribution in [3.63, 3.8) is 0 Å². The first-order valence-electron chi connectivity index (χ1n) is 6.29. The summed E-state index contributed by atoms with van der Waals surface area (Å²) in [5, 5.41) is 0. The third kappa shape index (κ3) is 2.00. The summed E-state index contributed by atoms with van der Waals surface area (Å²) in [7, 11) is 1.18. The van der Waals surface area contributed by atoms with Crippen LogP contribution in [0.2, 0.25) is 0 Å². The predicted molar refractivity (Wildman–Crippen MR) is 73.3 cm³/mol. The highest BCUT2D eigenvalue weighted by Crippen LogP contribution is 2.42. The Hall–Kier alpha value is -2.14. The molecule has 5 heteroatoms. The molecule has 1 aliphatic heterocycles. The van der Waals surface area contributed by atoms with Crippen molar-refractivity contribution >= 4 is 11.8 Å². The van der Waals surface area contributed by atoms with Gasteiger partial charge in [0.25, 0.3) is 5.78 Å². The Bertz CT molecular complexity index is 606. The van der Waals surface area contributed by atoms with Gasteiger partial charge in [0.1, 0.15) is 5.54 Å². The highest BCUT2D eigenvalue weighted by molar-refractivity contribution is 6.41. The molecule has 0 aliphatic carbocycles. The minimum atomic E-state index is -0.904. The van der Waals surface area contributed by atoms with Crippen molar-refractivity contribution in [3.8, 4) is 5.75 Å². The SMILES string of the molecule is CC=C(C)C1(C)NOc2c(C(=O)C(=O)OC)cccc21. The van der Waals surface area contributed by atoms with Gasteiger partial charge in [0.2, 0.25) is 0 Å². The number of carbonyl (C=O) groups is 2. The number of ketones is 1. The number of esters is 1. The number of rotatable bonds is 3. The molecule has 1 aliphatic rings. The average molecular weight is 275 g/mol. The fraction of sp³-hybridized carbons (Fsp3) is 0.333. The van der Waals surface area contributed by atoms with E-state index in [-0.39, 0.29) is 5.56 Å². The van der Waals surface area contributed by atoms with E-state index in [1.807, 2.05) is 32.9 Å². The monoisotopic (exact) mass is 275 g/mol. The minimum Gasteiger partial charge on any atom is -0.463 e. The van der Waals surface area contributed by atoms with E-state index in [1.54, 1.807) is 12.1 Å². The van der Waals surface area contributed by atoms with Gasteiger partial charge in [-0.25, -0.2) is 4.79 Å². The quantitative estimate of drug-likeness (QED) is 0.396. The normalized spacial score (nSPS) is 21.1. The Morgan fingerprint density at radius 3 is 2.70 bits per heavy atom. The molecule has 1 aromatic carbocycles. The van der Waals surface area contributed by atoms with Crippen molar-refractivity contribution < 1.29 is 19.2 Å². The maximum Gasteiger partial charge on any atom is 0.379 e. The van der Waals surface area contributed by atoms with Crippen molar-refractivity contribution in [2.75, 3.05) is 7.11 Å². The van der Waals surface area contributed by atoms with Crippen molar-refractivity contribution in [3.05, 3.63) is 41.0 Å². The largest absolute Gasteiger partial charge is 0.463 e. The molecule has 0 spiro atoms. The maximum absolute atomic E-state index is 12.0. The van der Waals surface area contributed by atoms with Crippen LogP contribution < -0.4 is 10.3 Å². The summed E-state index contributed by atoms with van der Waals surface area (Å²) >= 11 is 0. The first kappa shape index (κ1) is 14.3. The van der Waals surface area contributed by atoms with E-state index in [2.05, 4.69) is 10.2 Å². The summed E-state index contributed by atoms with van der Waals surface area (Å²) in [5.41, 5.74) is 4.49. The fourth-order valence-corrected chi connectivity index (χ4v) is 2.21. The lowest BCUT2D eigenvalue weighted by Crippen LogP contribution is -2.36. The van der Waals surface area contributed by atoms with Crippen LogP contribution in [0, 0.1) is 0 Å². The highest BCUT2D eigenvalue weighted by Gasteiger charge is 2.40. The standard InChI is InChI=1S/C15H17NO4/c1-5-9(2)15(3)11-8-6-7-10(13(11)20-16-15)12(17)14(18)19-4/h5-8,16H,1-4H3. The Morgan fingerprint density at radius 2 is 2.10 bits per heavy atom. The van der Waals surface area contributed by atoms with Crippen LogP contribution in [-0.2, 0) is 15.1 Å². The molecule has 5 nitrogen and oxygen atoms in total. The third-order valence-electron chi connectivity index (χ3n) is 3.75. The molecule has 0 fully saturated rings. The van der Waals surface area contributed by atoms with Gasteiger partial charge in [0.15, 0.2) is 5.75 Å². The molecule has 0 bridgehead atoms. The van der Waals surface area contributed by atoms with Crippen LogP contribution in [0.1, 0.15) is 36.7 Å². The molecule has 0 radical (unpaired) electrons. The zero-order valence-electron chi connectivity index (χ0n) is 11.9. The third-order valence-corrected chi connectivity index (χ3v) is 3.75. The molecule has 20 heavy (non-hydrogen) atoms. The van der Waals surface area contributed by atoms with Crippen LogP contribution in [0.5, 0.6) is 5.75 Å². The zero-order chi connectivity index (χ0) is 14.9. The number of para-hydroxylation sites is 1. The number of fused-ring (bicyclic) bond motifs is 1. The number of hydroxylamine groups is 1. The van der Waals surface area contributed by atoms with Gasteiger partial charge in [-0.05, 0) is 26.8 Å². The van der Waals surface area contributed by atoms with Crippen LogP contribution >= 0.6 is 0 Å². The lowest BCUT2D eigenvalue weighted by atomic mass is 9.85. The molecule has 1 aromatic rings. The number of nitrogens with one attached hydrogen (secondary N) is 1. The number of ether oxygens (including phenoxy) is 1. The molecule has 106 valence electrons. The number of hydrogen-bond acceptors (Lipinski definition) is 5. The summed E-state index contributed by atoms with van der Waals surface area (Å²) < 4.78 is 4.47. The van der Waals surface area contributed by atoms with Gasteiger partial charge in [-0.1, -0.05) is 23.8 Å². The Kier molecular flexibility index (Phi) is 3.63. The molecule has 0 aromatic heterocycles. The minimum absolute atomic E-state index is 0.203. The Labute approximate surface area is 117 Å². The predicted octanol–water partition coefficient (Wildman–Crippen LogP) is 2.12. The van der Waals surface area contributed by atoms with Crippen LogP contribution in [0.25, 0.3) is 0 Å². The van der Waals surface area contributed by atoms with E-state index in [0.29, 0.717) is 5.75 Å². The van der Waals surface area contributed by atoms with Gasteiger partial charge < -0.3 is 9.57 Å². The van der Waals surface area contributed by atoms with Crippen molar-refractivity contribution in [2.45, 2.75) is 26.3 Å². The first-order chi connectivity index (χ1) is 9.45. The van der Waals surface area contributed by atoms with Crippen molar-refractivity contribution in [2.24, 2.45) is 0 Å². The van der Waals surface area contributed by atoms with Crippen LogP contribution in [0.3, 0.4) is 0 Å². The van der Waals surface area contributed by atoms with Gasteiger partial charge in [0.05, 0.1) is 12.7 Å². The molecule has 0 saturated heterocycles. The molecular formula is C15H17NO4. The summed E-state index contributed by atoms with van der Waals surface area (Å²) in [4.78, 5) is 28.9. The number of carbonyl (C=O) groups excluding carboxylic acids is 2. The van der Waals surface area contributed by atoms with E-state index in [4.69, 9.17) is 4.84 Å². The van der Waals surface area contributed by atoms with Gasteiger partial charge >= 0.3 is 5.97 Å². The Morgan fingerprint density at radius 1 is 1.40 bits per heavy atom. The number of hydrogen-bond donors (Lipinski definition) is 1. The zero-order valence-corrected chi connectivity index (χ0v) is 11.9. The molecule has 2 rings (SSSR count). The van der Waals surface area contributed by atoms with Crippen molar-refractivity contribution in [1.29, 1.82) is 0 Å². The molecule has 1 N–H and O–H groups in total. The fourth-order valence-electron chi connectivity index (χ4n) is 2.21. The van der Waals surface area contributed by atoms with Crippen molar-refractivity contribution in [1.82, 2.24) is 5.48 Å². The second-order valence-corrected chi connectivity index (χ2v) is 4.80. The number of Topliss-reactive ketones (excluding diaryl/α,β-unsaturated/α-hetero) is 1. The summed E-state index contributed by atoms with van der Waals surface area (Å²) in [5.74, 6) is -1.24. The number of benzene rings is 1. The molecule has 1 atom stereocenters. The van der Waals surface area contributed by atoms with E-state index in [1.165, 1.54) is 7.11 Å². The Balaban J connectivity index is 2.54. The second kappa shape index (κ2) is 5.09. The number of methoxy groups -OCH3 is 1. The first-order valence-corrected chi connectivity index (χ1v) is 6.29. The van der Waals surface area contributed by atoms with E-state index < -0.39 is 17.3 Å². The maximum atomic E-state index is 12.0. The smallest absolute Gasteiger partial charge is 0.379 e. The summed E-state index contributed by atoms with van der Waals surface area (Å²) in [6.07, 6.45) is 1.97. The number of allylic oxidation sites excluding steroid dienone is 1. The van der Waals surface area contributed by atoms with Crippen LogP contribution in [-0.4, -0.2) is 18.9 Å².